The van der Waals surface area contributed by atoms with Gasteiger partial charge in [-0.2, -0.15) is 5.26 Å². The number of fused-ring (bicyclic) bond motifs is 1. The predicted octanol–water partition coefficient (Wildman–Crippen LogP) is 2.45. The standard InChI is InChI=1S/C14H18N4/c1-2-10-18-13-7-4-3-6-12(13)17-14(18)11-16-9-5-8-15/h3-4,6-7,16H,2,5,9-11H2,1H3. The molecule has 0 spiro atoms. The van der Waals surface area contributed by atoms with Gasteiger partial charge < -0.3 is 9.88 Å². The van der Waals surface area contributed by atoms with Crippen molar-refractivity contribution in [2.45, 2.75) is 32.9 Å². The molecule has 0 aliphatic rings. The zero-order chi connectivity index (χ0) is 12.8. The summed E-state index contributed by atoms with van der Waals surface area (Å²) in [5.41, 5.74) is 2.24. The van der Waals surface area contributed by atoms with Gasteiger partial charge >= 0.3 is 0 Å². The molecule has 0 aliphatic carbocycles. The van der Waals surface area contributed by atoms with E-state index in [9.17, 15) is 0 Å². The maximum Gasteiger partial charge on any atom is 0.123 e. The lowest BCUT2D eigenvalue weighted by Gasteiger charge is -2.07. The molecule has 2 aromatic rings. The fourth-order valence-electron chi connectivity index (χ4n) is 2.08. The number of aryl methyl sites for hydroxylation is 1. The SMILES string of the molecule is CCCn1c(CNCCC#N)nc2ccccc21. The minimum Gasteiger partial charge on any atom is -0.327 e. The molecule has 0 saturated carbocycles. The van der Waals surface area contributed by atoms with E-state index in [0.29, 0.717) is 13.0 Å². The first-order chi connectivity index (χ1) is 8.86. The van der Waals surface area contributed by atoms with E-state index in [0.717, 1.165) is 30.9 Å². The number of para-hydroxylation sites is 2. The van der Waals surface area contributed by atoms with Crippen LogP contribution in [0.1, 0.15) is 25.6 Å². The molecule has 0 fully saturated rings. The fourth-order valence-corrected chi connectivity index (χ4v) is 2.08. The molecule has 2 rings (SSSR count). The third-order valence-electron chi connectivity index (χ3n) is 2.88. The second-order valence-corrected chi connectivity index (χ2v) is 4.25. The van der Waals surface area contributed by atoms with E-state index in [2.05, 4.69) is 33.9 Å². The number of hydrogen-bond donors (Lipinski definition) is 1. The van der Waals surface area contributed by atoms with Crippen LogP contribution in [0.2, 0.25) is 0 Å². The van der Waals surface area contributed by atoms with Crippen LogP contribution in [0.15, 0.2) is 24.3 Å². The number of nitriles is 1. The van der Waals surface area contributed by atoms with Crippen molar-refractivity contribution in [2.24, 2.45) is 0 Å². The summed E-state index contributed by atoms with van der Waals surface area (Å²) in [5.74, 6) is 1.05. The van der Waals surface area contributed by atoms with Crippen LogP contribution in [-0.2, 0) is 13.1 Å². The second-order valence-electron chi connectivity index (χ2n) is 4.25. The summed E-state index contributed by atoms with van der Waals surface area (Å²) in [6.07, 6.45) is 1.62. The maximum atomic E-state index is 8.51. The zero-order valence-corrected chi connectivity index (χ0v) is 10.7. The normalized spacial score (nSPS) is 10.7. The van der Waals surface area contributed by atoms with E-state index in [1.54, 1.807) is 0 Å². The molecule has 94 valence electrons. The number of benzene rings is 1. The van der Waals surface area contributed by atoms with Crippen molar-refractivity contribution in [2.75, 3.05) is 6.54 Å². The average Bonchev–Trinajstić information content (AvgIpc) is 2.74. The Kier molecular flexibility index (Phi) is 4.32. The van der Waals surface area contributed by atoms with Crippen molar-refractivity contribution in [3.8, 4) is 6.07 Å². The van der Waals surface area contributed by atoms with E-state index >= 15 is 0 Å². The summed E-state index contributed by atoms with van der Waals surface area (Å²) >= 11 is 0. The van der Waals surface area contributed by atoms with E-state index in [1.807, 2.05) is 18.2 Å². The van der Waals surface area contributed by atoms with E-state index in [-0.39, 0.29) is 0 Å². The van der Waals surface area contributed by atoms with Gasteiger partial charge in [0.1, 0.15) is 5.82 Å². The molecule has 0 bridgehead atoms. The summed E-state index contributed by atoms with van der Waals surface area (Å²) in [4.78, 5) is 4.65. The number of rotatable bonds is 6. The Hall–Kier alpha value is -1.86. The lowest BCUT2D eigenvalue weighted by Crippen LogP contribution is -2.18. The predicted molar refractivity (Wildman–Crippen MR) is 72.0 cm³/mol. The van der Waals surface area contributed by atoms with Gasteiger partial charge in [-0.25, -0.2) is 4.98 Å². The van der Waals surface area contributed by atoms with Crippen molar-refractivity contribution >= 4 is 11.0 Å². The molecule has 4 heteroatoms. The Balaban J connectivity index is 2.20. The number of aromatic nitrogens is 2. The van der Waals surface area contributed by atoms with E-state index in [1.165, 1.54) is 5.52 Å². The molecule has 0 aliphatic heterocycles. The summed E-state index contributed by atoms with van der Waals surface area (Å²) in [5, 5.41) is 11.8. The van der Waals surface area contributed by atoms with Crippen LogP contribution in [0.25, 0.3) is 11.0 Å². The highest BCUT2D eigenvalue weighted by Crippen LogP contribution is 2.16. The molecular weight excluding hydrogens is 224 g/mol. The summed E-state index contributed by atoms with van der Waals surface area (Å²) < 4.78 is 2.26. The Bertz CT molecular complexity index is 550. The molecule has 1 N–H and O–H groups in total. The summed E-state index contributed by atoms with van der Waals surface area (Å²) in [6.45, 7) is 4.58. The van der Waals surface area contributed by atoms with Crippen molar-refractivity contribution in [3.63, 3.8) is 0 Å². The van der Waals surface area contributed by atoms with Crippen molar-refractivity contribution in [1.29, 1.82) is 5.26 Å². The fraction of sp³-hybridized carbons (Fsp3) is 0.429. The van der Waals surface area contributed by atoms with E-state index < -0.39 is 0 Å². The number of hydrogen-bond acceptors (Lipinski definition) is 3. The summed E-state index contributed by atoms with van der Waals surface area (Å²) in [6, 6.07) is 10.3. The number of nitrogens with one attached hydrogen (secondary N) is 1. The van der Waals surface area contributed by atoms with Crippen molar-refractivity contribution < 1.29 is 0 Å². The van der Waals surface area contributed by atoms with Gasteiger partial charge in [0.2, 0.25) is 0 Å². The molecule has 0 saturated heterocycles. The number of imidazole rings is 1. The molecule has 0 unspecified atom stereocenters. The van der Waals surface area contributed by atoms with Crippen molar-refractivity contribution in [1.82, 2.24) is 14.9 Å². The Morgan fingerprint density at radius 3 is 3.00 bits per heavy atom. The third-order valence-corrected chi connectivity index (χ3v) is 2.88. The Morgan fingerprint density at radius 1 is 1.39 bits per heavy atom. The van der Waals surface area contributed by atoms with Gasteiger partial charge in [-0.3, -0.25) is 0 Å². The topological polar surface area (TPSA) is 53.6 Å². The van der Waals surface area contributed by atoms with Crippen LogP contribution in [0.3, 0.4) is 0 Å². The van der Waals surface area contributed by atoms with Gasteiger partial charge in [0.15, 0.2) is 0 Å². The Morgan fingerprint density at radius 2 is 2.22 bits per heavy atom. The van der Waals surface area contributed by atoms with Crippen LogP contribution in [-0.4, -0.2) is 16.1 Å². The quantitative estimate of drug-likeness (QED) is 0.792. The molecule has 0 radical (unpaired) electrons. The average molecular weight is 242 g/mol. The molecule has 4 nitrogen and oxygen atoms in total. The molecular formula is C14H18N4. The molecule has 1 aromatic heterocycles. The van der Waals surface area contributed by atoms with Crippen LogP contribution < -0.4 is 5.32 Å². The maximum absolute atomic E-state index is 8.51. The first-order valence-corrected chi connectivity index (χ1v) is 6.38. The molecule has 0 amide bonds. The highest BCUT2D eigenvalue weighted by Gasteiger charge is 2.08. The smallest absolute Gasteiger partial charge is 0.123 e. The Labute approximate surface area is 107 Å². The monoisotopic (exact) mass is 242 g/mol. The molecule has 0 atom stereocenters. The highest BCUT2D eigenvalue weighted by molar-refractivity contribution is 5.75. The first kappa shape index (κ1) is 12.6. The third kappa shape index (κ3) is 2.69. The summed E-state index contributed by atoms with van der Waals surface area (Å²) in [7, 11) is 0. The van der Waals surface area contributed by atoms with Gasteiger partial charge in [0, 0.05) is 19.5 Å². The van der Waals surface area contributed by atoms with Gasteiger partial charge in [-0.05, 0) is 18.6 Å². The van der Waals surface area contributed by atoms with Gasteiger partial charge in [-0.15, -0.1) is 0 Å². The lowest BCUT2D eigenvalue weighted by molar-refractivity contribution is 0.602. The molecule has 1 heterocycles. The lowest BCUT2D eigenvalue weighted by atomic mass is 10.3. The van der Waals surface area contributed by atoms with Crippen LogP contribution in [0, 0.1) is 11.3 Å². The van der Waals surface area contributed by atoms with Gasteiger partial charge in [0.25, 0.3) is 0 Å². The van der Waals surface area contributed by atoms with Crippen molar-refractivity contribution in [3.05, 3.63) is 30.1 Å². The van der Waals surface area contributed by atoms with Crippen LogP contribution in [0.4, 0.5) is 0 Å². The minimum absolute atomic E-state index is 0.536. The zero-order valence-electron chi connectivity index (χ0n) is 10.7. The second kappa shape index (κ2) is 6.18. The van der Waals surface area contributed by atoms with Gasteiger partial charge in [-0.1, -0.05) is 19.1 Å². The van der Waals surface area contributed by atoms with Gasteiger partial charge in [0.05, 0.1) is 23.6 Å². The largest absolute Gasteiger partial charge is 0.327 e. The van der Waals surface area contributed by atoms with Crippen LogP contribution in [0.5, 0.6) is 0 Å². The molecule has 1 aromatic carbocycles. The number of nitrogens with zero attached hydrogens (tertiary/aromatic N) is 3. The highest BCUT2D eigenvalue weighted by atomic mass is 15.1. The van der Waals surface area contributed by atoms with Crippen LogP contribution >= 0.6 is 0 Å². The first-order valence-electron chi connectivity index (χ1n) is 6.38. The van der Waals surface area contributed by atoms with E-state index in [4.69, 9.17) is 5.26 Å². The molecule has 18 heavy (non-hydrogen) atoms. The minimum atomic E-state index is 0.536.